The fourth-order valence-electron chi connectivity index (χ4n) is 2.17. The normalized spacial score (nSPS) is 13.9. The minimum atomic E-state index is -0.581. The molecule has 19 heavy (non-hydrogen) atoms. The van der Waals surface area contributed by atoms with Crippen LogP contribution in [0, 0.1) is 0 Å². The van der Waals surface area contributed by atoms with Crippen LogP contribution < -0.4 is 0 Å². The van der Waals surface area contributed by atoms with Gasteiger partial charge in [0.1, 0.15) is 0 Å². The average molecular weight is 304 g/mol. The zero-order valence-electron chi connectivity index (χ0n) is 12.1. The van der Waals surface area contributed by atoms with Crippen LogP contribution in [-0.2, 0) is 0 Å². The summed E-state index contributed by atoms with van der Waals surface area (Å²) < 4.78 is 0. The molecule has 1 N–H and O–H groups in total. The van der Waals surface area contributed by atoms with Crippen LogP contribution in [0.2, 0.25) is 10.0 Å². The first-order chi connectivity index (χ1) is 8.75. The molecule has 0 radical (unpaired) electrons. The van der Waals surface area contributed by atoms with Crippen LogP contribution in [0.1, 0.15) is 45.8 Å². The highest BCUT2D eigenvalue weighted by Gasteiger charge is 2.21. The van der Waals surface area contributed by atoms with Crippen molar-refractivity contribution in [2.75, 3.05) is 13.1 Å². The van der Waals surface area contributed by atoms with Crippen LogP contribution in [0.5, 0.6) is 0 Å². The lowest BCUT2D eigenvalue weighted by Crippen LogP contribution is -2.42. The largest absolute Gasteiger partial charge is 0.388 e. The van der Waals surface area contributed by atoms with Gasteiger partial charge in [0.2, 0.25) is 0 Å². The summed E-state index contributed by atoms with van der Waals surface area (Å²) in [4.78, 5) is 2.33. The van der Waals surface area contributed by atoms with E-state index >= 15 is 0 Å². The summed E-state index contributed by atoms with van der Waals surface area (Å²) in [5, 5.41) is 11.4. The standard InChI is InChI=1S/C15H23Cl2NO/c1-5-18(15(2,3)4)9-8-14(19)12-10-11(16)6-7-13(12)17/h6-7,10,14,19H,5,8-9H2,1-4H3. The molecule has 108 valence electrons. The predicted octanol–water partition coefficient (Wildman–Crippen LogP) is 4.54. The molecule has 0 aliphatic carbocycles. The van der Waals surface area contributed by atoms with Crippen molar-refractivity contribution in [2.45, 2.75) is 45.8 Å². The maximum Gasteiger partial charge on any atom is 0.0817 e. The minimum absolute atomic E-state index is 0.104. The lowest BCUT2D eigenvalue weighted by molar-refractivity contribution is 0.0997. The molecule has 1 rings (SSSR count). The summed E-state index contributed by atoms with van der Waals surface area (Å²) in [6.45, 7) is 10.4. The molecule has 2 nitrogen and oxygen atoms in total. The molecular weight excluding hydrogens is 281 g/mol. The van der Waals surface area contributed by atoms with Crippen LogP contribution in [-0.4, -0.2) is 28.6 Å². The van der Waals surface area contributed by atoms with Gasteiger partial charge in [-0.1, -0.05) is 30.1 Å². The molecular formula is C15H23Cl2NO. The van der Waals surface area contributed by atoms with E-state index in [0.717, 1.165) is 13.1 Å². The van der Waals surface area contributed by atoms with Gasteiger partial charge in [-0.05, 0) is 51.9 Å². The molecule has 0 spiro atoms. The lowest BCUT2D eigenvalue weighted by Gasteiger charge is -2.35. The molecule has 0 aliphatic heterocycles. The Morgan fingerprint density at radius 2 is 1.89 bits per heavy atom. The highest BCUT2D eigenvalue weighted by atomic mass is 35.5. The molecule has 0 saturated carbocycles. The number of hydrogen-bond donors (Lipinski definition) is 1. The van der Waals surface area contributed by atoms with E-state index in [0.29, 0.717) is 22.0 Å². The molecule has 1 aromatic rings. The summed E-state index contributed by atoms with van der Waals surface area (Å²) in [5.41, 5.74) is 0.811. The van der Waals surface area contributed by atoms with Crippen molar-refractivity contribution < 1.29 is 5.11 Å². The van der Waals surface area contributed by atoms with Gasteiger partial charge < -0.3 is 5.11 Å². The number of aliphatic hydroxyl groups is 1. The first-order valence-corrected chi connectivity index (χ1v) is 7.39. The van der Waals surface area contributed by atoms with Gasteiger partial charge in [-0.25, -0.2) is 0 Å². The van der Waals surface area contributed by atoms with E-state index in [1.54, 1.807) is 18.2 Å². The number of aliphatic hydroxyl groups excluding tert-OH is 1. The molecule has 0 aromatic heterocycles. The summed E-state index contributed by atoms with van der Waals surface area (Å²) >= 11 is 12.0. The summed E-state index contributed by atoms with van der Waals surface area (Å²) in [7, 11) is 0. The highest BCUT2D eigenvalue weighted by molar-refractivity contribution is 6.33. The Hall–Kier alpha value is -0.280. The second kappa shape index (κ2) is 6.94. The van der Waals surface area contributed by atoms with Gasteiger partial charge in [-0.3, -0.25) is 4.90 Å². The Balaban J connectivity index is 2.69. The monoisotopic (exact) mass is 303 g/mol. The molecule has 0 fully saturated rings. The van der Waals surface area contributed by atoms with Crippen molar-refractivity contribution in [1.82, 2.24) is 4.90 Å². The Morgan fingerprint density at radius 3 is 2.42 bits per heavy atom. The summed E-state index contributed by atoms with van der Waals surface area (Å²) in [5.74, 6) is 0. The van der Waals surface area contributed by atoms with Crippen LogP contribution in [0.15, 0.2) is 18.2 Å². The Morgan fingerprint density at radius 1 is 1.26 bits per heavy atom. The van der Waals surface area contributed by atoms with Gasteiger partial charge in [0.05, 0.1) is 6.10 Å². The van der Waals surface area contributed by atoms with Crippen molar-refractivity contribution in [3.63, 3.8) is 0 Å². The molecule has 0 saturated heterocycles. The first kappa shape index (κ1) is 16.8. The third-order valence-electron chi connectivity index (χ3n) is 3.32. The van der Waals surface area contributed by atoms with E-state index in [2.05, 4.69) is 32.6 Å². The van der Waals surface area contributed by atoms with Gasteiger partial charge in [0.25, 0.3) is 0 Å². The number of nitrogens with zero attached hydrogens (tertiary/aromatic N) is 1. The first-order valence-electron chi connectivity index (χ1n) is 6.63. The van der Waals surface area contributed by atoms with Crippen LogP contribution >= 0.6 is 23.2 Å². The quantitative estimate of drug-likeness (QED) is 0.863. The molecule has 0 amide bonds. The fraction of sp³-hybridized carbons (Fsp3) is 0.600. The second-order valence-corrected chi connectivity index (χ2v) is 6.56. The van der Waals surface area contributed by atoms with Gasteiger partial charge in [-0.2, -0.15) is 0 Å². The topological polar surface area (TPSA) is 23.5 Å². The third-order valence-corrected chi connectivity index (χ3v) is 3.90. The Bertz CT molecular complexity index is 415. The summed E-state index contributed by atoms with van der Waals surface area (Å²) in [6, 6.07) is 5.19. The number of benzene rings is 1. The Labute approximate surface area is 126 Å². The van der Waals surface area contributed by atoms with E-state index in [4.69, 9.17) is 23.2 Å². The molecule has 0 bridgehead atoms. The third kappa shape index (κ3) is 4.96. The van der Waals surface area contributed by atoms with Crippen molar-refractivity contribution in [3.8, 4) is 0 Å². The van der Waals surface area contributed by atoms with E-state index < -0.39 is 6.10 Å². The van der Waals surface area contributed by atoms with Crippen LogP contribution in [0.3, 0.4) is 0 Å². The predicted molar refractivity (Wildman–Crippen MR) is 83.0 cm³/mol. The molecule has 1 atom stereocenters. The van der Waals surface area contributed by atoms with Crippen LogP contribution in [0.4, 0.5) is 0 Å². The minimum Gasteiger partial charge on any atom is -0.388 e. The van der Waals surface area contributed by atoms with Crippen LogP contribution in [0.25, 0.3) is 0 Å². The second-order valence-electron chi connectivity index (χ2n) is 5.72. The summed E-state index contributed by atoms with van der Waals surface area (Å²) in [6.07, 6.45) is 0.0631. The zero-order chi connectivity index (χ0) is 14.6. The van der Waals surface area contributed by atoms with E-state index in [1.165, 1.54) is 0 Å². The molecule has 1 aromatic carbocycles. The van der Waals surface area contributed by atoms with E-state index in [1.807, 2.05) is 0 Å². The zero-order valence-corrected chi connectivity index (χ0v) is 13.6. The van der Waals surface area contributed by atoms with Crippen molar-refractivity contribution in [2.24, 2.45) is 0 Å². The molecule has 0 heterocycles. The maximum atomic E-state index is 10.3. The highest BCUT2D eigenvalue weighted by Crippen LogP contribution is 2.28. The van der Waals surface area contributed by atoms with Gasteiger partial charge in [-0.15, -0.1) is 0 Å². The van der Waals surface area contributed by atoms with E-state index in [9.17, 15) is 5.11 Å². The smallest absolute Gasteiger partial charge is 0.0817 e. The van der Waals surface area contributed by atoms with E-state index in [-0.39, 0.29) is 5.54 Å². The SMILES string of the molecule is CCN(CCC(O)c1cc(Cl)ccc1Cl)C(C)(C)C. The fourth-order valence-corrected chi connectivity index (χ4v) is 2.60. The maximum absolute atomic E-state index is 10.3. The molecule has 1 unspecified atom stereocenters. The lowest BCUT2D eigenvalue weighted by atomic mass is 10.0. The van der Waals surface area contributed by atoms with Crippen molar-refractivity contribution in [3.05, 3.63) is 33.8 Å². The molecule has 4 heteroatoms. The number of rotatable bonds is 5. The Kier molecular flexibility index (Phi) is 6.13. The van der Waals surface area contributed by atoms with Gasteiger partial charge >= 0.3 is 0 Å². The number of halogens is 2. The average Bonchev–Trinajstić information content (AvgIpc) is 2.31. The van der Waals surface area contributed by atoms with Gasteiger partial charge in [0, 0.05) is 27.7 Å². The van der Waals surface area contributed by atoms with Gasteiger partial charge in [0.15, 0.2) is 0 Å². The van der Waals surface area contributed by atoms with Crippen molar-refractivity contribution in [1.29, 1.82) is 0 Å². The number of hydrogen-bond acceptors (Lipinski definition) is 2. The molecule has 0 aliphatic rings. The van der Waals surface area contributed by atoms with Crippen molar-refractivity contribution >= 4 is 23.2 Å².